The fraction of sp³-hybridized carbons (Fsp3) is 0.211. The highest BCUT2D eigenvalue weighted by atomic mass is 35.5. The van der Waals surface area contributed by atoms with Crippen molar-refractivity contribution in [3.8, 4) is 16.2 Å². The van der Waals surface area contributed by atoms with Crippen LogP contribution >= 0.6 is 22.9 Å². The lowest BCUT2D eigenvalue weighted by Gasteiger charge is -2.04. The van der Waals surface area contributed by atoms with Crippen LogP contribution in [0.25, 0.3) is 10.4 Å². The third-order valence-electron chi connectivity index (χ3n) is 3.71. The average molecular weight is 359 g/mol. The third-order valence-corrected chi connectivity index (χ3v) is 5.01. The molecule has 24 heavy (non-hydrogen) atoms. The third kappa shape index (κ3) is 4.57. The van der Waals surface area contributed by atoms with Crippen molar-refractivity contribution in [2.24, 2.45) is 0 Å². The Morgan fingerprint density at radius 2 is 1.83 bits per heavy atom. The molecule has 124 valence electrons. The number of halogens is 1. The van der Waals surface area contributed by atoms with Crippen molar-refractivity contribution < 1.29 is 4.74 Å². The second-order valence-electron chi connectivity index (χ2n) is 5.40. The number of benzene rings is 2. The topological polar surface area (TPSA) is 34.1 Å². The molecule has 1 heterocycles. The van der Waals surface area contributed by atoms with Crippen LogP contribution in [0.1, 0.15) is 10.6 Å². The lowest BCUT2D eigenvalue weighted by Crippen LogP contribution is -2.16. The zero-order valence-electron chi connectivity index (χ0n) is 13.5. The zero-order chi connectivity index (χ0) is 16.8. The van der Waals surface area contributed by atoms with E-state index < -0.39 is 0 Å². The van der Waals surface area contributed by atoms with Crippen LogP contribution in [-0.4, -0.2) is 18.6 Å². The molecule has 0 atom stereocenters. The van der Waals surface area contributed by atoms with E-state index in [2.05, 4.69) is 22.4 Å². The van der Waals surface area contributed by atoms with Gasteiger partial charge in [-0.3, -0.25) is 0 Å². The summed E-state index contributed by atoms with van der Waals surface area (Å²) in [5, 5.41) is 5.29. The van der Waals surface area contributed by atoms with Gasteiger partial charge in [0.15, 0.2) is 0 Å². The first kappa shape index (κ1) is 17.0. The largest absolute Gasteiger partial charge is 0.497 e. The number of aromatic nitrogens is 1. The van der Waals surface area contributed by atoms with Crippen LogP contribution in [0.3, 0.4) is 0 Å². The molecule has 0 radical (unpaired) electrons. The molecule has 0 amide bonds. The van der Waals surface area contributed by atoms with Gasteiger partial charge >= 0.3 is 0 Å². The van der Waals surface area contributed by atoms with Gasteiger partial charge in [0.05, 0.1) is 12.0 Å². The predicted octanol–water partition coefficient (Wildman–Crippen LogP) is 4.80. The highest BCUT2D eigenvalue weighted by Crippen LogP contribution is 2.27. The number of nitrogens with zero attached hydrogens (tertiary/aromatic N) is 1. The van der Waals surface area contributed by atoms with Gasteiger partial charge in [0.1, 0.15) is 10.8 Å². The lowest BCUT2D eigenvalue weighted by atomic mass is 10.1. The summed E-state index contributed by atoms with van der Waals surface area (Å²) in [6, 6.07) is 16.1. The van der Waals surface area contributed by atoms with E-state index in [1.54, 1.807) is 18.4 Å². The van der Waals surface area contributed by atoms with E-state index in [0.29, 0.717) is 0 Å². The van der Waals surface area contributed by atoms with Gasteiger partial charge < -0.3 is 10.1 Å². The number of rotatable bonds is 7. The Morgan fingerprint density at radius 3 is 2.54 bits per heavy atom. The van der Waals surface area contributed by atoms with Gasteiger partial charge in [0.2, 0.25) is 0 Å². The summed E-state index contributed by atoms with van der Waals surface area (Å²) in [4.78, 5) is 5.65. The highest BCUT2D eigenvalue weighted by molar-refractivity contribution is 7.15. The second kappa shape index (κ2) is 8.29. The summed E-state index contributed by atoms with van der Waals surface area (Å²) in [7, 11) is 1.68. The molecule has 5 heteroatoms. The van der Waals surface area contributed by atoms with Crippen molar-refractivity contribution in [1.82, 2.24) is 10.3 Å². The van der Waals surface area contributed by atoms with Crippen LogP contribution in [0, 0.1) is 0 Å². The number of hydrogen-bond acceptors (Lipinski definition) is 4. The molecule has 0 aliphatic heterocycles. The number of ether oxygens (including phenoxy) is 1. The first-order chi connectivity index (χ1) is 11.7. The van der Waals surface area contributed by atoms with Crippen LogP contribution < -0.4 is 10.1 Å². The molecule has 1 aromatic heterocycles. The van der Waals surface area contributed by atoms with Crippen molar-refractivity contribution in [3.63, 3.8) is 0 Å². The number of hydrogen-bond donors (Lipinski definition) is 1. The van der Waals surface area contributed by atoms with E-state index in [1.807, 2.05) is 42.6 Å². The standard InChI is InChI=1S/C19H19ClN2OS/c1-23-17-8-2-14(3-9-17)10-11-21-13-19-22-12-18(24-19)15-4-6-16(20)7-5-15/h2-9,12,21H,10-11,13H2,1H3. The van der Waals surface area contributed by atoms with Crippen LogP contribution in [0.2, 0.25) is 5.02 Å². The van der Waals surface area contributed by atoms with Gasteiger partial charge in [-0.15, -0.1) is 11.3 Å². The van der Waals surface area contributed by atoms with Crippen LogP contribution in [0.15, 0.2) is 54.7 Å². The van der Waals surface area contributed by atoms with E-state index in [9.17, 15) is 0 Å². The molecule has 0 aliphatic rings. The summed E-state index contributed by atoms with van der Waals surface area (Å²) < 4.78 is 5.17. The molecule has 2 aromatic carbocycles. The Bertz CT molecular complexity index is 769. The molecule has 0 saturated heterocycles. The molecule has 0 aliphatic carbocycles. The fourth-order valence-electron chi connectivity index (χ4n) is 2.36. The monoisotopic (exact) mass is 358 g/mol. The minimum atomic E-state index is 0.753. The van der Waals surface area contributed by atoms with Gasteiger partial charge in [-0.05, 0) is 48.4 Å². The van der Waals surface area contributed by atoms with E-state index in [0.717, 1.165) is 40.9 Å². The van der Waals surface area contributed by atoms with E-state index in [4.69, 9.17) is 16.3 Å². The Morgan fingerprint density at radius 1 is 1.08 bits per heavy atom. The SMILES string of the molecule is COc1ccc(CCNCc2ncc(-c3ccc(Cl)cc3)s2)cc1. The Labute approximate surface area is 151 Å². The van der Waals surface area contributed by atoms with Gasteiger partial charge in [0.25, 0.3) is 0 Å². The maximum absolute atomic E-state index is 5.93. The maximum Gasteiger partial charge on any atom is 0.118 e. The summed E-state index contributed by atoms with van der Waals surface area (Å²) in [5.41, 5.74) is 2.45. The van der Waals surface area contributed by atoms with Crippen molar-refractivity contribution in [2.45, 2.75) is 13.0 Å². The van der Waals surface area contributed by atoms with Crippen molar-refractivity contribution >= 4 is 22.9 Å². The Balaban J connectivity index is 1.47. The molecule has 0 fully saturated rings. The quantitative estimate of drug-likeness (QED) is 0.616. The molecule has 3 aromatic rings. The van der Waals surface area contributed by atoms with Crippen molar-refractivity contribution in [1.29, 1.82) is 0 Å². The van der Waals surface area contributed by atoms with Gasteiger partial charge in [0, 0.05) is 17.8 Å². The first-order valence-corrected chi connectivity index (χ1v) is 8.98. The lowest BCUT2D eigenvalue weighted by molar-refractivity contribution is 0.414. The second-order valence-corrected chi connectivity index (χ2v) is 6.95. The smallest absolute Gasteiger partial charge is 0.118 e. The molecule has 0 bridgehead atoms. The van der Waals surface area contributed by atoms with Gasteiger partial charge in [-0.1, -0.05) is 35.9 Å². The van der Waals surface area contributed by atoms with E-state index in [-0.39, 0.29) is 0 Å². The van der Waals surface area contributed by atoms with Crippen LogP contribution in [-0.2, 0) is 13.0 Å². The molecule has 1 N–H and O–H groups in total. The normalized spacial score (nSPS) is 10.8. The van der Waals surface area contributed by atoms with Crippen molar-refractivity contribution in [3.05, 3.63) is 70.3 Å². The fourth-order valence-corrected chi connectivity index (χ4v) is 3.38. The Hall–Kier alpha value is -1.88. The molecule has 3 rings (SSSR count). The molecule has 0 spiro atoms. The average Bonchev–Trinajstić information content (AvgIpc) is 3.09. The van der Waals surface area contributed by atoms with Gasteiger partial charge in [-0.25, -0.2) is 4.98 Å². The van der Waals surface area contributed by atoms with Gasteiger partial charge in [-0.2, -0.15) is 0 Å². The summed E-state index contributed by atoms with van der Waals surface area (Å²) >= 11 is 7.64. The molecule has 0 saturated carbocycles. The van der Waals surface area contributed by atoms with E-state index >= 15 is 0 Å². The minimum Gasteiger partial charge on any atom is -0.497 e. The molecule has 0 unspecified atom stereocenters. The number of methoxy groups -OCH3 is 1. The first-order valence-electron chi connectivity index (χ1n) is 7.79. The molecular formula is C19H19ClN2OS. The number of nitrogens with one attached hydrogen (secondary N) is 1. The van der Waals surface area contributed by atoms with Crippen molar-refractivity contribution in [2.75, 3.05) is 13.7 Å². The number of thiazole rings is 1. The Kier molecular flexibility index (Phi) is 5.86. The zero-order valence-corrected chi connectivity index (χ0v) is 15.0. The summed E-state index contributed by atoms with van der Waals surface area (Å²) in [5.74, 6) is 0.893. The molecule has 3 nitrogen and oxygen atoms in total. The summed E-state index contributed by atoms with van der Waals surface area (Å²) in [6.45, 7) is 1.70. The van der Waals surface area contributed by atoms with Crippen LogP contribution in [0.5, 0.6) is 5.75 Å². The predicted molar refractivity (Wildman–Crippen MR) is 101 cm³/mol. The van der Waals surface area contributed by atoms with E-state index in [1.165, 1.54) is 10.4 Å². The summed E-state index contributed by atoms with van der Waals surface area (Å²) in [6.07, 6.45) is 2.91. The highest BCUT2D eigenvalue weighted by Gasteiger charge is 2.04. The van der Waals surface area contributed by atoms with Crippen LogP contribution in [0.4, 0.5) is 0 Å². The maximum atomic E-state index is 5.93. The minimum absolute atomic E-state index is 0.753. The molecular weight excluding hydrogens is 340 g/mol.